The van der Waals surface area contributed by atoms with Gasteiger partial charge in [0.15, 0.2) is 0 Å². The molecule has 1 rings (SSSR count). The summed E-state index contributed by atoms with van der Waals surface area (Å²) in [6, 6.07) is 1.25. The van der Waals surface area contributed by atoms with Gasteiger partial charge in [0.25, 0.3) is 0 Å². The summed E-state index contributed by atoms with van der Waals surface area (Å²) in [5, 5.41) is 19.7. The lowest BCUT2D eigenvalue weighted by atomic mass is 10.3. The molecule has 0 saturated heterocycles. The number of nitriles is 1. The molecule has 0 aliphatic heterocycles. The molecule has 68 valence electrons. The summed E-state index contributed by atoms with van der Waals surface area (Å²) in [6.07, 6.45) is 0. The van der Waals surface area contributed by atoms with E-state index in [1.54, 1.807) is 0 Å². The molecule has 1 aromatic carbocycles. The van der Waals surface area contributed by atoms with E-state index in [4.69, 9.17) is 40.1 Å². The first-order chi connectivity index (χ1) is 6.07. The maximum absolute atomic E-state index is 9.18. The van der Waals surface area contributed by atoms with Gasteiger partial charge < -0.3 is 5.11 Å². The quantitative estimate of drug-likeness (QED) is 0.469. The highest BCUT2D eigenvalue weighted by atomic mass is 35.5. The Morgan fingerprint density at radius 1 is 1.31 bits per heavy atom. The van der Waals surface area contributed by atoms with E-state index in [-0.39, 0.29) is 20.8 Å². The van der Waals surface area contributed by atoms with Crippen LogP contribution in [-0.4, -0.2) is 5.11 Å². The Hall–Kier alpha value is -0.270. The molecule has 2 nitrogen and oxygen atoms in total. The standard InChI is InChI=1S/C7H2Cl3NOS/c8-3-1-4(12)5(9)6(10)7(3)13-2-11/h1,12H. The Morgan fingerprint density at radius 2 is 1.92 bits per heavy atom. The predicted molar refractivity (Wildman–Crippen MR) is 54.6 cm³/mol. The van der Waals surface area contributed by atoms with E-state index in [0.29, 0.717) is 4.90 Å². The zero-order chi connectivity index (χ0) is 10.0. The number of hydrogen-bond donors (Lipinski definition) is 1. The van der Waals surface area contributed by atoms with Gasteiger partial charge in [-0.05, 0) is 11.8 Å². The molecular weight excluding hydrogens is 253 g/mol. The summed E-state index contributed by atoms with van der Waals surface area (Å²) in [6.45, 7) is 0. The lowest BCUT2D eigenvalue weighted by Crippen LogP contribution is -1.78. The fraction of sp³-hybridized carbons (Fsp3) is 0. The number of benzene rings is 1. The summed E-state index contributed by atoms with van der Waals surface area (Å²) in [7, 11) is 0. The van der Waals surface area contributed by atoms with E-state index in [1.165, 1.54) is 6.07 Å². The van der Waals surface area contributed by atoms with E-state index in [2.05, 4.69) is 0 Å². The van der Waals surface area contributed by atoms with Crippen LogP contribution in [0.25, 0.3) is 0 Å². The van der Waals surface area contributed by atoms with Gasteiger partial charge in [-0.25, -0.2) is 0 Å². The molecule has 0 atom stereocenters. The maximum Gasteiger partial charge on any atom is 0.138 e. The number of rotatable bonds is 1. The van der Waals surface area contributed by atoms with Crippen LogP contribution in [0.3, 0.4) is 0 Å². The summed E-state index contributed by atoms with van der Waals surface area (Å²) in [5.74, 6) is -0.195. The molecule has 0 fully saturated rings. The second-order valence-corrected chi connectivity index (χ2v) is 3.99. The molecule has 0 saturated carbocycles. The molecule has 0 spiro atoms. The Labute approximate surface area is 94.0 Å². The summed E-state index contributed by atoms with van der Waals surface area (Å²) in [5.41, 5.74) is 0. The normalized spacial score (nSPS) is 9.69. The molecule has 0 heterocycles. The van der Waals surface area contributed by atoms with Crippen molar-refractivity contribution in [1.29, 1.82) is 5.26 Å². The zero-order valence-corrected chi connectivity index (χ0v) is 9.10. The molecule has 13 heavy (non-hydrogen) atoms. The van der Waals surface area contributed by atoms with Crippen molar-refractivity contribution in [3.05, 3.63) is 21.1 Å². The van der Waals surface area contributed by atoms with Crippen molar-refractivity contribution in [2.75, 3.05) is 0 Å². The Balaban J connectivity index is 3.36. The molecule has 0 aliphatic carbocycles. The molecule has 0 radical (unpaired) electrons. The molecule has 6 heteroatoms. The Kier molecular flexibility index (Phi) is 3.57. The van der Waals surface area contributed by atoms with E-state index < -0.39 is 0 Å². The van der Waals surface area contributed by atoms with Crippen LogP contribution in [0.4, 0.5) is 0 Å². The van der Waals surface area contributed by atoms with Crippen molar-refractivity contribution in [3.8, 4) is 11.2 Å². The van der Waals surface area contributed by atoms with E-state index >= 15 is 0 Å². The largest absolute Gasteiger partial charge is 0.506 e. The van der Waals surface area contributed by atoms with Crippen LogP contribution < -0.4 is 0 Å². The molecule has 0 aromatic heterocycles. The van der Waals surface area contributed by atoms with Crippen molar-refractivity contribution in [2.24, 2.45) is 0 Å². The number of phenols is 1. The highest BCUT2D eigenvalue weighted by molar-refractivity contribution is 8.04. The topological polar surface area (TPSA) is 44.0 Å². The number of halogens is 3. The molecule has 1 N–H and O–H groups in total. The number of hydrogen-bond acceptors (Lipinski definition) is 3. The van der Waals surface area contributed by atoms with Crippen molar-refractivity contribution >= 4 is 46.6 Å². The van der Waals surface area contributed by atoms with Crippen LogP contribution in [0.15, 0.2) is 11.0 Å². The SMILES string of the molecule is N#CSc1c(Cl)cc(O)c(Cl)c1Cl. The average molecular weight is 255 g/mol. The van der Waals surface area contributed by atoms with Crippen LogP contribution in [0.2, 0.25) is 15.1 Å². The summed E-state index contributed by atoms with van der Waals surface area (Å²) < 4.78 is 0. The van der Waals surface area contributed by atoms with Crippen LogP contribution in [0.5, 0.6) is 5.75 Å². The van der Waals surface area contributed by atoms with Gasteiger partial charge in [0, 0.05) is 6.07 Å². The first kappa shape index (κ1) is 10.8. The third-order valence-electron chi connectivity index (χ3n) is 1.25. The maximum atomic E-state index is 9.18. The van der Waals surface area contributed by atoms with Crippen molar-refractivity contribution in [1.82, 2.24) is 0 Å². The number of thiocyanates is 1. The van der Waals surface area contributed by atoms with Crippen LogP contribution >= 0.6 is 46.6 Å². The molecular formula is C7H2Cl3NOS. The fourth-order valence-electron chi connectivity index (χ4n) is 0.705. The zero-order valence-electron chi connectivity index (χ0n) is 6.01. The van der Waals surface area contributed by atoms with Crippen LogP contribution in [0.1, 0.15) is 0 Å². The molecule has 0 amide bonds. The highest BCUT2D eigenvalue weighted by Gasteiger charge is 2.14. The summed E-state index contributed by atoms with van der Waals surface area (Å²) in [4.78, 5) is 0.355. The minimum absolute atomic E-state index is 0.00353. The van der Waals surface area contributed by atoms with E-state index in [0.717, 1.165) is 11.8 Å². The smallest absolute Gasteiger partial charge is 0.138 e. The van der Waals surface area contributed by atoms with Gasteiger partial charge in [-0.15, -0.1) is 0 Å². The molecule has 0 bridgehead atoms. The first-order valence-corrected chi connectivity index (χ1v) is 4.95. The van der Waals surface area contributed by atoms with Gasteiger partial charge >= 0.3 is 0 Å². The fourth-order valence-corrected chi connectivity index (χ4v) is 2.03. The van der Waals surface area contributed by atoms with Crippen LogP contribution in [0, 0.1) is 10.7 Å². The predicted octanol–water partition coefficient (Wildman–Crippen LogP) is 3.93. The second-order valence-electron chi connectivity index (χ2n) is 2.03. The minimum atomic E-state index is -0.195. The lowest BCUT2D eigenvalue weighted by molar-refractivity contribution is 0.475. The first-order valence-electron chi connectivity index (χ1n) is 3.00. The lowest BCUT2D eigenvalue weighted by Gasteiger charge is -2.05. The number of thioether (sulfide) groups is 1. The van der Waals surface area contributed by atoms with Gasteiger partial charge in [-0.1, -0.05) is 34.8 Å². The van der Waals surface area contributed by atoms with Gasteiger partial charge in [0.2, 0.25) is 0 Å². The number of aromatic hydroxyl groups is 1. The summed E-state index contributed by atoms with van der Waals surface area (Å²) >= 11 is 17.9. The Morgan fingerprint density at radius 3 is 2.46 bits per heavy atom. The molecule has 0 unspecified atom stereocenters. The van der Waals surface area contributed by atoms with Crippen molar-refractivity contribution < 1.29 is 5.11 Å². The average Bonchev–Trinajstić information content (AvgIpc) is 2.09. The number of phenolic OH excluding ortho intramolecular Hbond substituents is 1. The third-order valence-corrected chi connectivity index (χ3v) is 3.34. The minimum Gasteiger partial charge on any atom is -0.506 e. The van der Waals surface area contributed by atoms with E-state index in [1.807, 2.05) is 5.40 Å². The Bertz CT molecular complexity index is 388. The van der Waals surface area contributed by atoms with Gasteiger partial charge in [0.05, 0.1) is 14.9 Å². The molecule has 1 aromatic rings. The monoisotopic (exact) mass is 253 g/mol. The van der Waals surface area contributed by atoms with Gasteiger partial charge in [-0.2, -0.15) is 5.26 Å². The van der Waals surface area contributed by atoms with Gasteiger partial charge in [-0.3, -0.25) is 0 Å². The van der Waals surface area contributed by atoms with E-state index in [9.17, 15) is 5.11 Å². The number of nitrogens with zero attached hydrogens (tertiary/aromatic N) is 1. The second kappa shape index (κ2) is 4.30. The third kappa shape index (κ3) is 2.15. The van der Waals surface area contributed by atoms with Crippen molar-refractivity contribution in [2.45, 2.75) is 4.90 Å². The van der Waals surface area contributed by atoms with Gasteiger partial charge in [0.1, 0.15) is 16.2 Å². The van der Waals surface area contributed by atoms with Crippen molar-refractivity contribution in [3.63, 3.8) is 0 Å². The van der Waals surface area contributed by atoms with Crippen LogP contribution in [-0.2, 0) is 0 Å². The molecule has 0 aliphatic rings. The highest BCUT2D eigenvalue weighted by Crippen LogP contribution is 2.42.